The number of hydrogen-bond acceptors (Lipinski definition) is 2. The van der Waals surface area contributed by atoms with Crippen molar-refractivity contribution in [3.63, 3.8) is 0 Å². The molecule has 0 aromatic heterocycles. The Morgan fingerprint density at radius 1 is 1.56 bits per heavy atom. The highest BCUT2D eigenvalue weighted by Crippen LogP contribution is 2.37. The minimum atomic E-state index is -0.567. The van der Waals surface area contributed by atoms with Gasteiger partial charge in [0.25, 0.3) is 0 Å². The van der Waals surface area contributed by atoms with Crippen molar-refractivity contribution in [2.24, 2.45) is 0 Å². The van der Waals surface area contributed by atoms with Crippen LogP contribution in [0.1, 0.15) is 19.8 Å². The van der Waals surface area contributed by atoms with Crippen molar-refractivity contribution in [3.8, 4) is 0 Å². The SMILES string of the molecule is CC(=O)N(c1cc(Cl)c(F)cc1N)C1CC1. The number of hydrogen-bond donors (Lipinski definition) is 1. The monoisotopic (exact) mass is 242 g/mol. The van der Waals surface area contributed by atoms with Crippen LogP contribution < -0.4 is 10.6 Å². The van der Waals surface area contributed by atoms with Crippen molar-refractivity contribution in [3.05, 3.63) is 23.0 Å². The lowest BCUT2D eigenvalue weighted by atomic mass is 10.2. The third-order valence-electron chi connectivity index (χ3n) is 2.58. The first kappa shape index (κ1) is 11.2. The summed E-state index contributed by atoms with van der Waals surface area (Å²) in [6.07, 6.45) is 1.90. The summed E-state index contributed by atoms with van der Waals surface area (Å²) in [7, 11) is 0. The van der Waals surface area contributed by atoms with Crippen LogP contribution in [0.5, 0.6) is 0 Å². The zero-order chi connectivity index (χ0) is 11.9. The zero-order valence-corrected chi connectivity index (χ0v) is 9.59. The third kappa shape index (κ3) is 1.97. The summed E-state index contributed by atoms with van der Waals surface area (Å²) in [5, 5.41) is -0.0175. The molecule has 0 heterocycles. The Morgan fingerprint density at radius 3 is 2.69 bits per heavy atom. The average Bonchev–Trinajstić information content (AvgIpc) is 2.97. The lowest BCUT2D eigenvalue weighted by Crippen LogP contribution is -2.31. The van der Waals surface area contributed by atoms with Crippen LogP contribution in [0.3, 0.4) is 0 Å². The van der Waals surface area contributed by atoms with Crippen LogP contribution in [0.25, 0.3) is 0 Å². The van der Waals surface area contributed by atoms with Crippen molar-refractivity contribution < 1.29 is 9.18 Å². The number of anilines is 2. The molecule has 16 heavy (non-hydrogen) atoms. The quantitative estimate of drug-likeness (QED) is 0.811. The van der Waals surface area contributed by atoms with Crippen molar-refractivity contribution in [2.75, 3.05) is 10.6 Å². The molecule has 0 atom stereocenters. The van der Waals surface area contributed by atoms with E-state index in [0.717, 1.165) is 18.9 Å². The van der Waals surface area contributed by atoms with Gasteiger partial charge in [-0.3, -0.25) is 4.79 Å². The van der Waals surface area contributed by atoms with Gasteiger partial charge in [-0.05, 0) is 18.9 Å². The van der Waals surface area contributed by atoms with Crippen LogP contribution in [0.15, 0.2) is 12.1 Å². The molecule has 0 saturated heterocycles. The maximum Gasteiger partial charge on any atom is 0.224 e. The first-order chi connectivity index (χ1) is 7.50. The predicted octanol–water partition coefficient (Wildman–Crippen LogP) is 2.58. The van der Waals surface area contributed by atoms with E-state index in [1.54, 1.807) is 4.90 Å². The molecule has 0 radical (unpaired) electrons. The van der Waals surface area contributed by atoms with Gasteiger partial charge in [0.05, 0.1) is 16.4 Å². The highest BCUT2D eigenvalue weighted by molar-refractivity contribution is 6.31. The Kier molecular flexibility index (Phi) is 2.76. The Balaban J connectivity index is 2.44. The van der Waals surface area contributed by atoms with Crippen LogP contribution in [0, 0.1) is 5.82 Å². The van der Waals surface area contributed by atoms with Crippen molar-refractivity contribution >= 4 is 28.9 Å². The molecule has 1 fully saturated rings. The molecule has 1 aliphatic carbocycles. The first-order valence-electron chi connectivity index (χ1n) is 5.05. The predicted molar refractivity (Wildman–Crippen MR) is 62.0 cm³/mol. The highest BCUT2D eigenvalue weighted by atomic mass is 35.5. The summed E-state index contributed by atoms with van der Waals surface area (Å²) in [4.78, 5) is 13.1. The summed E-state index contributed by atoms with van der Waals surface area (Å²) in [5.41, 5.74) is 6.44. The Bertz CT molecular complexity index is 446. The van der Waals surface area contributed by atoms with Crippen LogP contribution >= 0.6 is 11.6 Å². The van der Waals surface area contributed by atoms with Crippen molar-refractivity contribution in [1.82, 2.24) is 0 Å². The van der Waals surface area contributed by atoms with Crippen molar-refractivity contribution in [1.29, 1.82) is 0 Å². The molecule has 5 heteroatoms. The van der Waals surface area contributed by atoms with E-state index in [9.17, 15) is 9.18 Å². The molecule has 0 unspecified atom stereocenters. The largest absolute Gasteiger partial charge is 0.397 e. The normalized spacial score (nSPS) is 14.9. The summed E-state index contributed by atoms with van der Waals surface area (Å²) in [5.74, 6) is -0.668. The highest BCUT2D eigenvalue weighted by Gasteiger charge is 2.33. The molecule has 2 rings (SSSR count). The van der Waals surface area contributed by atoms with Gasteiger partial charge in [-0.25, -0.2) is 4.39 Å². The molecule has 2 N–H and O–H groups in total. The van der Waals surface area contributed by atoms with Crippen LogP contribution in [0.4, 0.5) is 15.8 Å². The van der Waals surface area contributed by atoms with Crippen LogP contribution in [-0.4, -0.2) is 11.9 Å². The van der Waals surface area contributed by atoms with E-state index in [4.69, 9.17) is 17.3 Å². The van der Waals surface area contributed by atoms with Gasteiger partial charge < -0.3 is 10.6 Å². The van der Waals surface area contributed by atoms with Crippen LogP contribution in [-0.2, 0) is 4.79 Å². The number of carbonyl (C=O) groups is 1. The van der Waals surface area contributed by atoms with Gasteiger partial charge in [-0.2, -0.15) is 0 Å². The number of carbonyl (C=O) groups excluding carboxylic acids is 1. The number of benzene rings is 1. The molecular weight excluding hydrogens is 231 g/mol. The zero-order valence-electron chi connectivity index (χ0n) is 8.84. The second kappa shape index (κ2) is 3.94. The molecule has 3 nitrogen and oxygen atoms in total. The summed E-state index contributed by atoms with van der Waals surface area (Å²) in [6, 6.07) is 2.74. The molecule has 1 aliphatic rings. The van der Waals surface area contributed by atoms with E-state index in [0.29, 0.717) is 5.69 Å². The fourth-order valence-electron chi connectivity index (χ4n) is 1.72. The molecule has 86 valence electrons. The number of nitrogens with two attached hydrogens (primary N) is 1. The number of halogens is 2. The maximum atomic E-state index is 13.1. The van der Waals surface area contributed by atoms with E-state index < -0.39 is 5.82 Å². The smallest absolute Gasteiger partial charge is 0.224 e. The molecule has 1 aromatic rings. The summed E-state index contributed by atoms with van der Waals surface area (Å²) < 4.78 is 13.1. The van der Waals surface area contributed by atoms with Gasteiger partial charge >= 0.3 is 0 Å². The molecule has 0 aliphatic heterocycles. The topological polar surface area (TPSA) is 46.3 Å². The van der Waals surface area contributed by atoms with E-state index in [1.807, 2.05) is 0 Å². The second-order valence-corrected chi connectivity index (χ2v) is 4.35. The molecular formula is C11H12ClFN2O. The summed E-state index contributed by atoms with van der Waals surface area (Å²) >= 11 is 5.69. The van der Waals surface area contributed by atoms with Gasteiger partial charge in [-0.1, -0.05) is 11.6 Å². The lowest BCUT2D eigenvalue weighted by Gasteiger charge is -2.22. The molecule has 1 aromatic carbocycles. The Hall–Kier alpha value is -1.29. The fourth-order valence-corrected chi connectivity index (χ4v) is 1.87. The van der Waals surface area contributed by atoms with Gasteiger partial charge in [0.15, 0.2) is 0 Å². The lowest BCUT2D eigenvalue weighted by molar-refractivity contribution is -0.116. The van der Waals surface area contributed by atoms with Gasteiger partial charge in [-0.15, -0.1) is 0 Å². The number of nitrogen functional groups attached to an aromatic ring is 1. The minimum Gasteiger partial charge on any atom is -0.397 e. The number of nitrogens with zero attached hydrogens (tertiary/aromatic N) is 1. The molecule has 0 bridgehead atoms. The number of rotatable bonds is 2. The molecule has 1 saturated carbocycles. The minimum absolute atomic E-state index is 0.0175. The van der Waals surface area contributed by atoms with Crippen LogP contribution in [0.2, 0.25) is 5.02 Å². The number of amides is 1. The fraction of sp³-hybridized carbons (Fsp3) is 0.364. The average molecular weight is 243 g/mol. The maximum absolute atomic E-state index is 13.1. The molecule has 1 amide bonds. The van der Waals surface area contributed by atoms with E-state index >= 15 is 0 Å². The van der Waals surface area contributed by atoms with E-state index in [-0.39, 0.29) is 22.7 Å². The van der Waals surface area contributed by atoms with Gasteiger partial charge in [0, 0.05) is 19.0 Å². The Labute approximate surface area is 98.0 Å². The van der Waals surface area contributed by atoms with E-state index in [1.165, 1.54) is 13.0 Å². The second-order valence-electron chi connectivity index (χ2n) is 3.95. The Morgan fingerprint density at radius 2 is 2.19 bits per heavy atom. The standard InChI is InChI=1S/C11H12ClFN2O/c1-6(16)15(7-2-3-7)11-4-8(12)9(13)5-10(11)14/h4-5,7H,2-3,14H2,1H3. The van der Waals surface area contributed by atoms with Gasteiger partial charge in [0.2, 0.25) is 5.91 Å². The molecule has 0 spiro atoms. The van der Waals surface area contributed by atoms with E-state index in [2.05, 4.69) is 0 Å². The first-order valence-corrected chi connectivity index (χ1v) is 5.43. The van der Waals surface area contributed by atoms with Gasteiger partial charge in [0.1, 0.15) is 5.82 Å². The third-order valence-corrected chi connectivity index (χ3v) is 2.87. The summed E-state index contributed by atoms with van der Waals surface area (Å²) in [6.45, 7) is 1.47. The van der Waals surface area contributed by atoms with Crippen molar-refractivity contribution in [2.45, 2.75) is 25.8 Å².